The number of rotatable bonds is 9. The molecule has 0 aliphatic heterocycles. The molecule has 0 saturated heterocycles. The third-order valence-corrected chi connectivity index (χ3v) is 6.21. The zero-order chi connectivity index (χ0) is 25.7. The molecule has 0 fully saturated rings. The van der Waals surface area contributed by atoms with Crippen molar-refractivity contribution < 1.29 is 23.5 Å². The number of carbonyl (C=O) groups excluding carboxylic acids is 2. The van der Waals surface area contributed by atoms with Gasteiger partial charge in [0.05, 0.1) is 6.61 Å². The first-order valence-corrected chi connectivity index (χ1v) is 11.9. The average Bonchev–Trinajstić information content (AvgIpc) is 2.89. The number of ether oxygens (including phenoxy) is 2. The quantitative estimate of drug-likeness (QED) is 0.169. The molecule has 0 unspecified atom stereocenters. The van der Waals surface area contributed by atoms with Gasteiger partial charge in [-0.2, -0.15) is 0 Å². The summed E-state index contributed by atoms with van der Waals surface area (Å²) in [6.45, 7) is 5.52. The highest BCUT2D eigenvalue weighted by atomic mass is 16.5. The van der Waals surface area contributed by atoms with Crippen molar-refractivity contribution in [1.82, 2.24) is 0 Å². The maximum Gasteiger partial charge on any atom is 0.339 e. The predicted molar refractivity (Wildman–Crippen MR) is 139 cm³/mol. The van der Waals surface area contributed by atoms with Gasteiger partial charge >= 0.3 is 11.6 Å². The lowest BCUT2D eigenvalue weighted by Gasteiger charge is -2.13. The van der Waals surface area contributed by atoms with E-state index in [0.29, 0.717) is 34.6 Å². The number of benzene rings is 3. The van der Waals surface area contributed by atoms with Crippen LogP contribution in [0.5, 0.6) is 5.75 Å². The highest BCUT2D eigenvalue weighted by Gasteiger charge is 2.17. The second-order valence-electron chi connectivity index (χ2n) is 8.52. The van der Waals surface area contributed by atoms with Crippen LogP contribution in [0.15, 0.2) is 75.9 Å². The van der Waals surface area contributed by atoms with Crippen LogP contribution in [0.1, 0.15) is 40.4 Å². The normalized spacial score (nSPS) is 10.9. The fourth-order valence-electron chi connectivity index (χ4n) is 4.18. The van der Waals surface area contributed by atoms with Crippen LogP contribution in [0.25, 0.3) is 22.1 Å². The van der Waals surface area contributed by atoms with Gasteiger partial charge in [0.25, 0.3) is 0 Å². The standard InChI is InChI=1S/C30H28O6/c1-4-34-28(32)17-15-25-19(2)24-14-16-27(20(3)29(24)36-30(25)33)35-18-26(31)23-12-10-22(11-13-23)21-8-6-5-7-9-21/h5-14,16H,4,15,17-18H2,1-3H3. The van der Waals surface area contributed by atoms with E-state index in [1.54, 1.807) is 32.0 Å². The number of aryl methyl sites for hydroxylation is 2. The number of hydrogen-bond acceptors (Lipinski definition) is 6. The number of Topliss-reactive ketones (excluding diaryl/α,β-unsaturated/α-hetero) is 1. The molecule has 0 amide bonds. The van der Waals surface area contributed by atoms with Crippen LogP contribution in [-0.2, 0) is 16.0 Å². The minimum Gasteiger partial charge on any atom is -0.485 e. The first-order valence-electron chi connectivity index (χ1n) is 11.9. The molecule has 6 heteroatoms. The Morgan fingerprint density at radius 1 is 0.861 bits per heavy atom. The van der Waals surface area contributed by atoms with Crippen LogP contribution in [0, 0.1) is 13.8 Å². The number of ketones is 1. The van der Waals surface area contributed by atoms with Gasteiger partial charge in [0.1, 0.15) is 11.3 Å². The van der Waals surface area contributed by atoms with E-state index >= 15 is 0 Å². The Morgan fingerprint density at radius 2 is 1.56 bits per heavy atom. The summed E-state index contributed by atoms with van der Waals surface area (Å²) in [6.07, 6.45) is 0.358. The summed E-state index contributed by atoms with van der Waals surface area (Å²) in [7, 11) is 0. The lowest BCUT2D eigenvalue weighted by atomic mass is 10.0. The number of carbonyl (C=O) groups is 2. The topological polar surface area (TPSA) is 82.8 Å². The van der Waals surface area contributed by atoms with Gasteiger partial charge in [0.15, 0.2) is 12.4 Å². The Morgan fingerprint density at radius 3 is 2.25 bits per heavy atom. The van der Waals surface area contributed by atoms with Crippen LogP contribution < -0.4 is 10.4 Å². The molecule has 0 radical (unpaired) electrons. The largest absolute Gasteiger partial charge is 0.485 e. The SMILES string of the molecule is CCOC(=O)CCc1c(C)c2ccc(OCC(=O)c3ccc(-c4ccccc4)cc3)c(C)c2oc1=O. The Labute approximate surface area is 209 Å². The van der Waals surface area contributed by atoms with Gasteiger partial charge in [0, 0.05) is 28.5 Å². The third kappa shape index (κ3) is 5.38. The molecule has 4 rings (SSSR count). The maximum absolute atomic E-state index is 12.7. The number of fused-ring (bicyclic) bond motifs is 1. The molecule has 0 atom stereocenters. The summed E-state index contributed by atoms with van der Waals surface area (Å²) in [6, 6.07) is 21.0. The molecule has 36 heavy (non-hydrogen) atoms. The maximum atomic E-state index is 12.7. The Balaban J connectivity index is 1.49. The van der Waals surface area contributed by atoms with Crippen LogP contribution in [0.2, 0.25) is 0 Å². The summed E-state index contributed by atoms with van der Waals surface area (Å²) < 4.78 is 16.4. The van der Waals surface area contributed by atoms with Crippen molar-refractivity contribution in [1.29, 1.82) is 0 Å². The first kappa shape index (κ1) is 24.9. The molecular weight excluding hydrogens is 456 g/mol. The van der Waals surface area contributed by atoms with Crippen molar-refractivity contribution in [2.75, 3.05) is 13.2 Å². The molecule has 184 valence electrons. The van der Waals surface area contributed by atoms with Gasteiger partial charge in [0.2, 0.25) is 0 Å². The average molecular weight is 485 g/mol. The van der Waals surface area contributed by atoms with E-state index in [9.17, 15) is 14.4 Å². The van der Waals surface area contributed by atoms with E-state index in [2.05, 4.69) is 0 Å². The zero-order valence-electron chi connectivity index (χ0n) is 20.6. The van der Waals surface area contributed by atoms with E-state index in [4.69, 9.17) is 13.9 Å². The molecule has 0 spiro atoms. The fourth-order valence-corrected chi connectivity index (χ4v) is 4.18. The number of esters is 1. The predicted octanol–water partition coefficient (Wildman–Crippen LogP) is 5.83. The molecule has 0 aliphatic rings. The molecule has 0 N–H and O–H groups in total. The first-order chi connectivity index (χ1) is 17.4. The van der Waals surface area contributed by atoms with E-state index < -0.39 is 5.63 Å². The van der Waals surface area contributed by atoms with Crippen molar-refractivity contribution in [3.05, 3.63) is 99.4 Å². The van der Waals surface area contributed by atoms with Gasteiger partial charge < -0.3 is 13.9 Å². The summed E-state index contributed by atoms with van der Waals surface area (Å²) in [5.74, 6) is -0.0321. The highest BCUT2D eigenvalue weighted by Crippen LogP contribution is 2.30. The van der Waals surface area contributed by atoms with Crippen LogP contribution >= 0.6 is 0 Å². The van der Waals surface area contributed by atoms with Crippen molar-refractivity contribution in [3.63, 3.8) is 0 Å². The Kier molecular flexibility index (Phi) is 7.64. The minimum absolute atomic E-state index is 0.111. The lowest BCUT2D eigenvalue weighted by Crippen LogP contribution is -2.15. The van der Waals surface area contributed by atoms with Gasteiger partial charge in [-0.1, -0.05) is 54.6 Å². The third-order valence-electron chi connectivity index (χ3n) is 6.21. The molecule has 4 aromatic rings. The molecular formula is C30H28O6. The van der Waals surface area contributed by atoms with E-state index in [-0.39, 0.29) is 31.2 Å². The second kappa shape index (κ2) is 11.0. The Bertz CT molecular complexity index is 1450. The minimum atomic E-state index is -0.487. The van der Waals surface area contributed by atoms with E-state index in [1.807, 2.05) is 55.5 Å². The van der Waals surface area contributed by atoms with Crippen molar-refractivity contribution >= 4 is 22.7 Å². The molecule has 6 nitrogen and oxygen atoms in total. The van der Waals surface area contributed by atoms with Crippen molar-refractivity contribution in [2.45, 2.75) is 33.6 Å². The summed E-state index contributed by atoms with van der Waals surface area (Å²) in [5, 5.41) is 0.765. The van der Waals surface area contributed by atoms with Crippen LogP contribution in [0.4, 0.5) is 0 Å². The molecule has 0 saturated carbocycles. The molecule has 0 bridgehead atoms. The zero-order valence-corrected chi connectivity index (χ0v) is 20.6. The fraction of sp³-hybridized carbons (Fsp3) is 0.233. The van der Waals surface area contributed by atoms with Crippen LogP contribution in [0.3, 0.4) is 0 Å². The molecule has 1 aromatic heterocycles. The van der Waals surface area contributed by atoms with Crippen molar-refractivity contribution in [2.24, 2.45) is 0 Å². The summed E-state index contributed by atoms with van der Waals surface area (Å²) >= 11 is 0. The molecule has 0 aliphatic carbocycles. The second-order valence-corrected chi connectivity index (χ2v) is 8.52. The van der Waals surface area contributed by atoms with Gasteiger partial charge in [-0.3, -0.25) is 9.59 Å². The van der Waals surface area contributed by atoms with Gasteiger partial charge in [-0.05, 0) is 56.0 Å². The Hall–Kier alpha value is -4.19. The lowest BCUT2D eigenvalue weighted by molar-refractivity contribution is -0.143. The van der Waals surface area contributed by atoms with Gasteiger partial charge in [-0.15, -0.1) is 0 Å². The molecule has 1 heterocycles. The van der Waals surface area contributed by atoms with Crippen LogP contribution in [-0.4, -0.2) is 25.0 Å². The highest BCUT2D eigenvalue weighted by molar-refractivity contribution is 5.97. The smallest absolute Gasteiger partial charge is 0.339 e. The summed E-state index contributed by atoms with van der Waals surface area (Å²) in [4.78, 5) is 37.1. The molecule has 3 aromatic carbocycles. The van der Waals surface area contributed by atoms with E-state index in [1.165, 1.54) is 0 Å². The monoisotopic (exact) mass is 484 g/mol. The van der Waals surface area contributed by atoms with Crippen molar-refractivity contribution in [3.8, 4) is 16.9 Å². The van der Waals surface area contributed by atoms with Gasteiger partial charge in [-0.25, -0.2) is 4.79 Å². The summed E-state index contributed by atoms with van der Waals surface area (Å²) in [5.41, 5.74) is 4.45. The number of hydrogen-bond donors (Lipinski definition) is 0. The van der Waals surface area contributed by atoms with E-state index in [0.717, 1.165) is 22.1 Å².